The number of aromatic nitrogens is 2. The lowest BCUT2D eigenvalue weighted by Crippen LogP contribution is -2.42. The highest BCUT2D eigenvalue weighted by atomic mass is 32.1. The summed E-state index contributed by atoms with van der Waals surface area (Å²) in [5.74, 6) is 2.17. The van der Waals surface area contributed by atoms with Crippen molar-refractivity contribution in [3.05, 3.63) is 40.5 Å². The lowest BCUT2D eigenvalue weighted by molar-refractivity contribution is 0.0141. The van der Waals surface area contributed by atoms with Crippen LogP contribution in [0.3, 0.4) is 0 Å². The molecular formula is C21H26N4O2S. The molecule has 148 valence electrons. The van der Waals surface area contributed by atoms with E-state index in [1.54, 1.807) is 10.9 Å². The van der Waals surface area contributed by atoms with Crippen molar-refractivity contribution in [1.82, 2.24) is 15.3 Å². The third-order valence-corrected chi connectivity index (χ3v) is 7.21. The Bertz CT molecular complexity index is 871. The molecule has 28 heavy (non-hydrogen) atoms. The molecular weight excluding hydrogens is 372 g/mol. The zero-order valence-corrected chi connectivity index (χ0v) is 17.1. The summed E-state index contributed by atoms with van der Waals surface area (Å²) in [5.41, 5.74) is 3.25. The Balaban J connectivity index is 1.31. The average Bonchev–Trinajstić information content (AvgIpc) is 3.46. The van der Waals surface area contributed by atoms with Crippen molar-refractivity contribution >= 4 is 23.1 Å². The number of rotatable bonds is 5. The fourth-order valence-corrected chi connectivity index (χ4v) is 5.73. The van der Waals surface area contributed by atoms with Crippen molar-refractivity contribution in [2.24, 2.45) is 11.8 Å². The monoisotopic (exact) mass is 398 g/mol. The van der Waals surface area contributed by atoms with Crippen LogP contribution in [-0.4, -0.2) is 47.2 Å². The molecule has 0 aromatic carbocycles. The first-order valence-corrected chi connectivity index (χ1v) is 11.1. The predicted molar refractivity (Wildman–Crippen MR) is 109 cm³/mol. The van der Waals surface area contributed by atoms with Crippen LogP contribution < -0.4 is 10.2 Å². The third-order valence-electron chi connectivity index (χ3n) is 6.62. The maximum atomic E-state index is 12.3. The molecule has 5 rings (SSSR count). The van der Waals surface area contributed by atoms with Crippen molar-refractivity contribution in [3.8, 4) is 0 Å². The van der Waals surface area contributed by atoms with Crippen LogP contribution in [0.2, 0.25) is 0 Å². The molecule has 3 aliphatic rings. The van der Waals surface area contributed by atoms with E-state index in [1.165, 1.54) is 11.3 Å². The van der Waals surface area contributed by atoms with Gasteiger partial charge in [-0.1, -0.05) is 19.9 Å². The first kappa shape index (κ1) is 18.1. The fraction of sp³-hybridized carbons (Fsp3) is 0.571. The van der Waals surface area contributed by atoms with Crippen molar-refractivity contribution in [2.45, 2.75) is 44.3 Å². The number of fused-ring (bicyclic) bond motifs is 1. The minimum absolute atomic E-state index is 0.0732. The fourth-order valence-electron chi connectivity index (χ4n) is 5.20. The van der Waals surface area contributed by atoms with Crippen LogP contribution in [0.5, 0.6) is 0 Å². The molecule has 7 heteroatoms. The van der Waals surface area contributed by atoms with Crippen LogP contribution in [0.15, 0.2) is 29.1 Å². The van der Waals surface area contributed by atoms with Crippen LogP contribution in [0.25, 0.3) is 0 Å². The quantitative estimate of drug-likeness (QED) is 0.838. The number of amides is 1. The van der Waals surface area contributed by atoms with Gasteiger partial charge < -0.3 is 15.0 Å². The second-order valence-electron chi connectivity index (χ2n) is 8.57. The van der Waals surface area contributed by atoms with E-state index in [2.05, 4.69) is 47.2 Å². The molecule has 2 aromatic rings. The summed E-state index contributed by atoms with van der Waals surface area (Å²) in [7, 11) is 0. The van der Waals surface area contributed by atoms with E-state index in [0.29, 0.717) is 30.0 Å². The zero-order valence-electron chi connectivity index (χ0n) is 16.3. The van der Waals surface area contributed by atoms with E-state index in [0.717, 1.165) is 37.4 Å². The van der Waals surface area contributed by atoms with Gasteiger partial charge >= 0.3 is 0 Å². The number of pyridine rings is 1. The Morgan fingerprint density at radius 3 is 3.14 bits per heavy atom. The molecule has 1 amide bonds. The highest BCUT2D eigenvalue weighted by Crippen LogP contribution is 2.55. The van der Waals surface area contributed by atoms with Crippen LogP contribution in [0, 0.1) is 11.8 Å². The normalized spacial score (nSPS) is 30.8. The summed E-state index contributed by atoms with van der Waals surface area (Å²) in [6, 6.07) is 6.31. The molecule has 6 nitrogen and oxygen atoms in total. The first-order valence-electron chi connectivity index (χ1n) is 10.1. The van der Waals surface area contributed by atoms with Gasteiger partial charge in [-0.2, -0.15) is 0 Å². The Morgan fingerprint density at radius 2 is 2.36 bits per heavy atom. The molecule has 0 radical (unpaired) electrons. The molecule has 3 aliphatic heterocycles. The number of hydrogen-bond donors (Lipinski definition) is 1. The molecule has 3 saturated heterocycles. The van der Waals surface area contributed by atoms with Gasteiger partial charge in [-0.15, -0.1) is 11.3 Å². The SMILES string of the molecule is CC(C)c1cccc(N2C[C@@H]3[C@H](CNC(=O)c4cscn4)[C@H]4CC[C@]3(C2)O4)n1. The third kappa shape index (κ3) is 2.92. The maximum absolute atomic E-state index is 12.3. The van der Waals surface area contributed by atoms with E-state index in [-0.39, 0.29) is 17.6 Å². The molecule has 0 saturated carbocycles. The molecule has 1 N–H and O–H groups in total. The number of thiazole rings is 1. The standard InChI is InChI=1S/C21H26N4O2S/c1-13(2)16-4-3-5-19(24-16)25-9-15-14(18-6-7-21(15,11-25)27-18)8-22-20(26)17-10-28-12-23-17/h3-5,10,12-15,18H,6-9,11H2,1-2H3,(H,22,26)/t14-,15+,18+,21+/m0/s1. The van der Waals surface area contributed by atoms with E-state index in [4.69, 9.17) is 9.72 Å². The lowest BCUT2D eigenvalue weighted by atomic mass is 9.73. The highest BCUT2D eigenvalue weighted by Gasteiger charge is 2.63. The number of nitrogens with one attached hydrogen (secondary N) is 1. The number of ether oxygens (including phenoxy) is 1. The molecule has 0 aliphatic carbocycles. The first-order chi connectivity index (χ1) is 13.6. The van der Waals surface area contributed by atoms with Gasteiger partial charge in [0.05, 0.1) is 17.2 Å². The second-order valence-corrected chi connectivity index (χ2v) is 9.29. The largest absolute Gasteiger partial charge is 0.369 e. The summed E-state index contributed by atoms with van der Waals surface area (Å²) in [5, 5.41) is 4.88. The van der Waals surface area contributed by atoms with E-state index >= 15 is 0 Å². The van der Waals surface area contributed by atoms with Crippen LogP contribution in [0.4, 0.5) is 5.82 Å². The van der Waals surface area contributed by atoms with Gasteiger partial charge in [-0.05, 0) is 30.9 Å². The highest BCUT2D eigenvalue weighted by molar-refractivity contribution is 7.07. The minimum Gasteiger partial charge on any atom is -0.369 e. The molecule has 2 aromatic heterocycles. The van der Waals surface area contributed by atoms with Gasteiger partial charge in [-0.25, -0.2) is 9.97 Å². The topological polar surface area (TPSA) is 67.4 Å². The molecule has 5 heterocycles. The molecule has 3 fully saturated rings. The van der Waals surface area contributed by atoms with Crippen LogP contribution in [0.1, 0.15) is 48.8 Å². The number of carbonyl (C=O) groups excluding carboxylic acids is 1. The van der Waals surface area contributed by atoms with Gasteiger partial charge in [0.25, 0.3) is 5.91 Å². The summed E-state index contributed by atoms with van der Waals surface area (Å²) in [6.45, 7) is 6.85. The van der Waals surface area contributed by atoms with Crippen LogP contribution >= 0.6 is 11.3 Å². The van der Waals surface area contributed by atoms with Gasteiger partial charge in [0.15, 0.2) is 0 Å². The molecule has 1 spiro atoms. The van der Waals surface area contributed by atoms with Crippen molar-refractivity contribution in [3.63, 3.8) is 0 Å². The smallest absolute Gasteiger partial charge is 0.270 e. The Kier molecular flexibility index (Phi) is 4.39. The Morgan fingerprint density at radius 1 is 1.46 bits per heavy atom. The molecule has 0 unspecified atom stereocenters. The Labute approximate surface area is 169 Å². The average molecular weight is 399 g/mol. The summed E-state index contributed by atoms with van der Waals surface area (Å²) in [6.07, 6.45) is 2.46. The van der Waals surface area contributed by atoms with Crippen molar-refractivity contribution in [1.29, 1.82) is 0 Å². The number of anilines is 1. The number of hydrogen-bond acceptors (Lipinski definition) is 6. The van der Waals surface area contributed by atoms with Gasteiger partial charge in [0.1, 0.15) is 11.5 Å². The van der Waals surface area contributed by atoms with Crippen molar-refractivity contribution in [2.75, 3.05) is 24.5 Å². The molecule has 2 bridgehead atoms. The second kappa shape index (κ2) is 6.81. The summed E-state index contributed by atoms with van der Waals surface area (Å²) >= 11 is 1.44. The summed E-state index contributed by atoms with van der Waals surface area (Å²) in [4.78, 5) is 23.7. The summed E-state index contributed by atoms with van der Waals surface area (Å²) < 4.78 is 6.51. The van der Waals surface area contributed by atoms with E-state index in [9.17, 15) is 4.79 Å². The van der Waals surface area contributed by atoms with Gasteiger partial charge in [0.2, 0.25) is 0 Å². The Hall–Kier alpha value is -1.99. The minimum atomic E-state index is -0.0840. The van der Waals surface area contributed by atoms with E-state index in [1.807, 2.05) is 0 Å². The van der Waals surface area contributed by atoms with Crippen LogP contribution in [-0.2, 0) is 4.74 Å². The number of nitrogens with zero attached hydrogens (tertiary/aromatic N) is 3. The van der Waals surface area contributed by atoms with Crippen molar-refractivity contribution < 1.29 is 9.53 Å². The lowest BCUT2D eigenvalue weighted by Gasteiger charge is -2.29. The zero-order chi connectivity index (χ0) is 19.3. The maximum Gasteiger partial charge on any atom is 0.270 e. The molecule has 4 atom stereocenters. The van der Waals surface area contributed by atoms with E-state index < -0.39 is 0 Å². The predicted octanol–water partition coefficient (Wildman–Crippen LogP) is 3.08. The van der Waals surface area contributed by atoms with Gasteiger partial charge in [0, 0.05) is 42.5 Å². The van der Waals surface area contributed by atoms with Gasteiger partial charge in [-0.3, -0.25) is 4.79 Å². The number of carbonyl (C=O) groups is 1.